The first-order valence-electron chi connectivity index (χ1n) is 3.13. The standard InChI is InChI=1S/C6H8FNO2S/c1-11-4-2-5(9)8(3-7)6(4)10/h4H,2-3H2,1H3. The first-order valence-corrected chi connectivity index (χ1v) is 4.42. The number of likely N-dealkylation sites (tertiary alicyclic amines) is 1. The van der Waals surface area contributed by atoms with Gasteiger partial charge < -0.3 is 0 Å². The van der Waals surface area contributed by atoms with E-state index in [1.807, 2.05) is 0 Å². The third-order valence-corrected chi connectivity index (χ3v) is 2.54. The van der Waals surface area contributed by atoms with E-state index in [1.54, 1.807) is 6.26 Å². The monoisotopic (exact) mass is 177 g/mol. The summed E-state index contributed by atoms with van der Waals surface area (Å²) in [5.41, 5.74) is 0. The van der Waals surface area contributed by atoms with Gasteiger partial charge in [-0.25, -0.2) is 4.39 Å². The lowest BCUT2D eigenvalue weighted by atomic mass is 10.4. The number of rotatable bonds is 2. The van der Waals surface area contributed by atoms with Gasteiger partial charge in [0.1, 0.15) is 0 Å². The highest BCUT2D eigenvalue weighted by atomic mass is 32.2. The Bertz CT molecular complexity index is 197. The molecule has 1 heterocycles. The molecule has 0 aromatic carbocycles. The van der Waals surface area contributed by atoms with Gasteiger partial charge in [-0.15, -0.1) is 0 Å². The highest BCUT2D eigenvalue weighted by Gasteiger charge is 2.37. The second kappa shape index (κ2) is 3.21. The fourth-order valence-electron chi connectivity index (χ4n) is 0.963. The Morgan fingerprint density at radius 3 is 2.64 bits per heavy atom. The van der Waals surface area contributed by atoms with Crippen LogP contribution < -0.4 is 0 Å². The number of hydrogen-bond acceptors (Lipinski definition) is 3. The van der Waals surface area contributed by atoms with Crippen molar-refractivity contribution in [2.24, 2.45) is 0 Å². The summed E-state index contributed by atoms with van der Waals surface area (Å²) in [6.07, 6.45) is 1.88. The summed E-state index contributed by atoms with van der Waals surface area (Å²) in [5, 5.41) is -0.363. The van der Waals surface area contributed by atoms with Crippen LogP contribution in [0.5, 0.6) is 0 Å². The Balaban J connectivity index is 2.71. The van der Waals surface area contributed by atoms with Crippen LogP contribution in [-0.4, -0.2) is 35.0 Å². The molecule has 1 aliphatic rings. The summed E-state index contributed by atoms with van der Waals surface area (Å²) in [6.45, 7) is -0.991. The topological polar surface area (TPSA) is 37.4 Å². The van der Waals surface area contributed by atoms with Gasteiger partial charge in [0.05, 0.1) is 5.25 Å². The molecule has 11 heavy (non-hydrogen) atoms. The summed E-state index contributed by atoms with van der Waals surface area (Å²) in [7, 11) is 0. The largest absolute Gasteiger partial charge is 0.274 e. The summed E-state index contributed by atoms with van der Waals surface area (Å²) < 4.78 is 12.0. The Hall–Kier alpha value is -0.580. The lowest BCUT2D eigenvalue weighted by Gasteiger charge is -2.07. The third-order valence-electron chi connectivity index (χ3n) is 1.61. The van der Waals surface area contributed by atoms with E-state index in [0.717, 1.165) is 0 Å². The second-order valence-corrected chi connectivity index (χ2v) is 3.25. The molecule has 1 rings (SSSR count). The quantitative estimate of drug-likeness (QED) is 0.452. The molecule has 0 saturated carbocycles. The molecule has 1 saturated heterocycles. The number of carbonyl (C=O) groups is 2. The maximum absolute atomic E-state index is 12.0. The molecule has 2 amide bonds. The van der Waals surface area contributed by atoms with E-state index < -0.39 is 18.6 Å². The van der Waals surface area contributed by atoms with E-state index in [2.05, 4.69) is 0 Å². The molecule has 1 fully saturated rings. The number of carbonyl (C=O) groups excluding carboxylic acids is 2. The van der Waals surface area contributed by atoms with Gasteiger partial charge >= 0.3 is 0 Å². The van der Waals surface area contributed by atoms with Gasteiger partial charge in [-0.2, -0.15) is 11.8 Å². The van der Waals surface area contributed by atoms with E-state index in [0.29, 0.717) is 4.90 Å². The number of halogens is 1. The van der Waals surface area contributed by atoms with Gasteiger partial charge in [0.2, 0.25) is 11.8 Å². The van der Waals surface area contributed by atoms with Crippen LogP contribution in [0.15, 0.2) is 0 Å². The smallest absolute Gasteiger partial charge is 0.244 e. The minimum Gasteiger partial charge on any atom is -0.274 e. The van der Waals surface area contributed by atoms with Crippen molar-refractivity contribution in [2.45, 2.75) is 11.7 Å². The zero-order valence-electron chi connectivity index (χ0n) is 6.04. The van der Waals surface area contributed by atoms with Crippen molar-refractivity contribution in [3.63, 3.8) is 0 Å². The van der Waals surface area contributed by atoms with Crippen LogP contribution in [0, 0.1) is 0 Å². The van der Waals surface area contributed by atoms with E-state index in [-0.39, 0.29) is 11.7 Å². The molecule has 1 aliphatic heterocycles. The molecular weight excluding hydrogens is 169 g/mol. The average molecular weight is 177 g/mol. The van der Waals surface area contributed by atoms with Crippen LogP contribution in [0.1, 0.15) is 6.42 Å². The van der Waals surface area contributed by atoms with Gasteiger partial charge in [-0.05, 0) is 6.26 Å². The van der Waals surface area contributed by atoms with Crippen molar-refractivity contribution in [3.8, 4) is 0 Å². The molecule has 62 valence electrons. The highest BCUT2D eigenvalue weighted by molar-refractivity contribution is 8.00. The van der Waals surface area contributed by atoms with Crippen molar-refractivity contribution in [2.75, 3.05) is 13.1 Å². The maximum Gasteiger partial charge on any atom is 0.244 e. The zero-order chi connectivity index (χ0) is 8.43. The van der Waals surface area contributed by atoms with Crippen LogP contribution in [0.25, 0.3) is 0 Å². The minimum absolute atomic E-state index is 0.143. The Kier molecular flexibility index (Phi) is 2.49. The van der Waals surface area contributed by atoms with Crippen molar-refractivity contribution >= 4 is 23.6 Å². The van der Waals surface area contributed by atoms with Gasteiger partial charge in [0, 0.05) is 6.42 Å². The fourth-order valence-corrected chi connectivity index (χ4v) is 1.60. The van der Waals surface area contributed by atoms with Crippen molar-refractivity contribution in [1.82, 2.24) is 4.90 Å². The van der Waals surface area contributed by atoms with Gasteiger partial charge in [0.15, 0.2) is 6.80 Å². The normalized spacial score (nSPS) is 24.9. The lowest BCUT2D eigenvalue weighted by molar-refractivity contribution is -0.140. The Labute approximate surface area is 67.9 Å². The van der Waals surface area contributed by atoms with Gasteiger partial charge in [0.25, 0.3) is 0 Å². The Morgan fingerprint density at radius 2 is 2.36 bits per heavy atom. The van der Waals surface area contributed by atoms with Crippen molar-refractivity contribution in [1.29, 1.82) is 0 Å². The number of nitrogens with zero attached hydrogens (tertiary/aromatic N) is 1. The first kappa shape index (κ1) is 8.52. The number of thioether (sulfide) groups is 1. The Morgan fingerprint density at radius 1 is 1.73 bits per heavy atom. The summed E-state index contributed by atoms with van der Waals surface area (Å²) in [4.78, 5) is 22.5. The predicted molar refractivity (Wildman–Crippen MR) is 39.7 cm³/mol. The summed E-state index contributed by atoms with van der Waals surface area (Å²) >= 11 is 1.28. The van der Waals surface area contributed by atoms with Crippen LogP contribution in [0.4, 0.5) is 4.39 Å². The predicted octanol–water partition coefficient (Wildman–Crippen LogP) is 0.404. The fraction of sp³-hybridized carbons (Fsp3) is 0.667. The molecule has 0 N–H and O–H groups in total. The molecular formula is C6H8FNO2S. The van der Waals surface area contributed by atoms with Crippen LogP contribution >= 0.6 is 11.8 Å². The summed E-state index contributed by atoms with van der Waals surface area (Å²) in [6, 6.07) is 0. The third kappa shape index (κ3) is 1.38. The molecule has 0 spiro atoms. The molecule has 1 atom stereocenters. The number of imide groups is 1. The summed E-state index contributed by atoms with van der Waals surface area (Å²) in [5.74, 6) is -0.804. The molecule has 0 aliphatic carbocycles. The number of alkyl halides is 1. The maximum atomic E-state index is 12.0. The van der Waals surface area contributed by atoms with Gasteiger partial charge in [-0.1, -0.05) is 0 Å². The van der Waals surface area contributed by atoms with Crippen LogP contribution in [0.2, 0.25) is 0 Å². The average Bonchev–Trinajstić information content (AvgIpc) is 2.26. The molecule has 0 radical (unpaired) electrons. The zero-order valence-corrected chi connectivity index (χ0v) is 6.86. The molecule has 3 nitrogen and oxygen atoms in total. The molecule has 5 heteroatoms. The molecule has 0 aromatic rings. The molecule has 1 unspecified atom stereocenters. The highest BCUT2D eigenvalue weighted by Crippen LogP contribution is 2.22. The van der Waals surface area contributed by atoms with E-state index in [1.165, 1.54) is 11.8 Å². The number of hydrogen-bond donors (Lipinski definition) is 0. The van der Waals surface area contributed by atoms with E-state index in [9.17, 15) is 14.0 Å². The van der Waals surface area contributed by atoms with Gasteiger partial charge in [-0.3, -0.25) is 14.5 Å². The SMILES string of the molecule is CSC1CC(=O)N(CF)C1=O. The first-order chi connectivity index (χ1) is 5.20. The molecule has 0 aromatic heterocycles. The van der Waals surface area contributed by atoms with Crippen LogP contribution in [0.3, 0.4) is 0 Å². The van der Waals surface area contributed by atoms with Crippen molar-refractivity contribution in [3.05, 3.63) is 0 Å². The lowest BCUT2D eigenvalue weighted by Crippen LogP contribution is -2.30. The second-order valence-electron chi connectivity index (χ2n) is 2.21. The van der Waals surface area contributed by atoms with E-state index >= 15 is 0 Å². The molecule has 0 bridgehead atoms. The van der Waals surface area contributed by atoms with Crippen molar-refractivity contribution < 1.29 is 14.0 Å². The number of amides is 2. The minimum atomic E-state index is -0.991. The van der Waals surface area contributed by atoms with Crippen LogP contribution in [-0.2, 0) is 9.59 Å². The van der Waals surface area contributed by atoms with E-state index in [4.69, 9.17) is 0 Å².